The van der Waals surface area contributed by atoms with Gasteiger partial charge in [0.2, 0.25) is 0 Å². The van der Waals surface area contributed by atoms with Crippen LogP contribution in [0.2, 0.25) is 0 Å². The van der Waals surface area contributed by atoms with Crippen molar-refractivity contribution in [2.75, 3.05) is 26.4 Å². The number of allylic oxidation sites excluding steroid dienone is 1. The molecule has 5 aliphatic heterocycles. The van der Waals surface area contributed by atoms with Gasteiger partial charge in [-0.25, -0.2) is 0 Å². The topological polar surface area (TPSA) is 387 Å². The van der Waals surface area contributed by atoms with E-state index in [1.165, 1.54) is 6.92 Å². The Kier molecular flexibility index (Phi) is 16.8. The maximum Gasteiger partial charge on any atom is 0.187 e. The molecule has 0 aromatic heterocycles. The highest BCUT2D eigenvalue weighted by atomic mass is 16.8. The van der Waals surface area contributed by atoms with Crippen molar-refractivity contribution in [3.8, 4) is 0 Å². The fraction of sp³-hybridized carbons (Fsp3) is 0.960. The van der Waals surface area contributed by atoms with Gasteiger partial charge in [0.15, 0.2) is 30.9 Å². The van der Waals surface area contributed by atoms with Crippen LogP contribution >= 0.6 is 0 Å². The molecule has 0 radical (unpaired) electrons. The maximum atomic E-state index is 13.1. The van der Waals surface area contributed by atoms with Crippen molar-refractivity contribution < 1.29 is 119 Å². The molecule has 5 saturated heterocycles. The third-order valence-electron chi connectivity index (χ3n) is 19.4. The molecule has 3 saturated carbocycles. The number of ether oxygens (including phenoxy) is 9. The third kappa shape index (κ3) is 9.67. The Bertz CT molecular complexity index is 1950. The quantitative estimate of drug-likeness (QED) is 0.0732. The summed E-state index contributed by atoms with van der Waals surface area (Å²) in [4.78, 5) is 0. The summed E-state index contributed by atoms with van der Waals surface area (Å²) >= 11 is 0. The summed E-state index contributed by atoms with van der Waals surface area (Å²) in [6.07, 6.45) is -25.6. The largest absolute Gasteiger partial charge is 0.394 e. The first-order valence-electron chi connectivity index (χ1n) is 26.5. The van der Waals surface area contributed by atoms with Crippen LogP contribution in [0.3, 0.4) is 0 Å². The molecule has 0 aromatic carbocycles. The lowest BCUT2D eigenvalue weighted by atomic mass is 9.44. The fourth-order valence-electron chi connectivity index (χ4n) is 14.6. The molecule has 24 heteroatoms. The molecule has 9 aliphatic rings. The smallest absolute Gasteiger partial charge is 0.187 e. The molecule has 0 spiro atoms. The van der Waals surface area contributed by atoms with Crippen LogP contribution in [-0.4, -0.2) is 249 Å². The first-order chi connectivity index (χ1) is 34.8. The molecule has 31 unspecified atom stereocenters. The normalized spacial score (nSPS) is 55.9. The van der Waals surface area contributed by atoms with E-state index in [2.05, 4.69) is 13.0 Å². The van der Waals surface area contributed by atoms with Gasteiger partial charge in [-0.3, -0.25) is 0 Å². The van der Waals surface area contributed by atoms with Crippen molar-refractivity contribution >= 4 is 0 Å². The molecule has 9 rings (SSSR count). The van der Waals surface area contributed by atoms with E-state index in [1.807, 2.05) is 20.8 Å². The number of fused-ring (bicyclic) bond motifs is 7. The molecule has 8 fully saturated rings. The van der Waals surface area contributed by atoms with Crippen molar-refractivity contribution in [3.63, 3.8) is 0 Å². The fourth-order valence-corrected chi connectivity index (χ4v) is 14.6. The van der Waals surface area contributed by atoms with E-state index in [-0.39, 0.29) is 37.2 Å². The Hall–Kier alpha value is -1.22. The van der Waals surface area contributed by atoms with Crippen LogP contribution in [0.25, 0.3) is 0 Å². The van der Waals surface area contributed by atoms with E-state index >= 15 is 0 Å². The number of aliphatic hydroxyl groups is 15. The van der Waals surface area contributed by atoms with Gasteiger partial charge < -0.3 is 119 Å². The lowest BCUT2D eigenvalue weighted by Crippen LogP contribution is -2.67. The molecular weight excluding hydrogens is 985 g/mol. The zero-order chi connectivity index (χ0) is 53.7. The first kappa shape index (κ1) is 57.5. The monoisotopic (exact) mass is 1070 g/mol. The van der Waals surface area contributed by atoms with Crippen molar-refractivity contribution in [2.24, 2.45) is 40.4 Å². The number of rotatable bonds is 14. The second-order valence-corrected chi connectivity index (χ2v) is 23.6. The molecule has 0 amide bonds. The maximum absolute atomic E-state index is 13.1. The van der Waals surface area contributed by atoms with E-state index in [4.69, 9.17) is 42.6 Å². The van der Waals surface area contributed by atoms with Gasteiger partial charge in [-0.2, -0.15) is 0 Å². The molecule has 24 nitrogen and oxygen atoms in total. The Morgan fingerprint density at radius 3 is 2.05 bits per heavy atom. The molecule has 15 N–H and O–H groups in total. The molecule has 5 heterocycles. The average Bonchev–Trinajstić information content (AvgIpc) is 3.76. The van der Waals surface area contributed by atoms with Crippen LogP contribution in [-0.2, 0) is 42.6 Å². The second kappa shape index (κ2) is 21.7. The summed E-state index contributed by atoms with van der Waals surface area (Å²) in [5.41, 5.74) is -1.89. The average molecular weight is 1070 g/mol. The minimum atomic E-state index is -1.79. The van der Waals surface area contributed by atoms with E-state index < -0.39 is 189 Å². The summed E-state index contributed by atoms with van der Waals surface area (Å²) in [7, 11) is 0. The van der Waals surface area contributed by atoms with Crippen molar-refractivity contribution in [1.29, 1.82) is 0 Å². The number of hydrogen-bond donors (Lipinski definition) is 15. The van der Waals surface area contributed by atoms with Crippen molar-refractivity contribution in [2.45, 2.75) is 232 Å². The summed E-state index contributed by atoms with van der Waals surface area (Å²) < 4.78 is 53.8. The highest BCUT2D eigenvalue weighted by Crippen LogP contribution is 2.71. The molecule has 0 aromatic rings. The Morgan fingerprint density at radius 2 is 1.35 bits per heavy atom. The van der Waals surface area contributed by atoms with E-state index in [0.717, 1.165) is 5.57 Å². The van der Waals surface area contributed by atoms with Gasteiger partial charge in [0, 0.05) is 30.1 Å². The first-order valence-corrected chi connectivity index (χ1v) is 26.5. The summed E-state index contributed by atoms with van der Waals surface area (Å²) in [5, 5.41) is 163. The lowest BCUT2D eigenvalue weighted by Gasteiger charge is -2.63. The van der Waals surface area contributed by atoms with Gasteiger partial charge >= 0.3 is 0 Å². The van der Waals surface area contributed by atoms with Crippen molar-refractivity contribution in [3.05, 3.63) is 11.6 Å². The SMILES string of the molecule is CC(CCC1(O)OC2CC3(O)C4CC=C5CC(OC6OC(CO)C(OC7OCC(O)C(O)C7O)C(O)C6OC6OC(C)C(O)C(O)C6O)CCC5(C)C4CC(O)C3(C)C2C1C)COC1OC(CO)C(O)C(O)C1O. The van der Waals surface area contributed by atoms with Crippen LogP contribution in [0, 0.1) is 40.4 Å². The summed E-state index contributed by atoms with van der Waals surface area (Å²) in [6.45, 7) is 7.61. The predicted octanol–water partition coefficient (Wildman–Crippen LogP) is -4.28. The molecule has 4 aliphatic carbocycles. The minimum Gasteiger partial charge on any atom is -0.394 e. The highest BCUT2D eigenvalue weighted by molar-refractivity contribution is 5.31. The van der Waals surface area contributed by atoms with E-state index in [9.17, 15) is 76.6 Å². The number of hydrogen-bond acceptors (Lipinski definition) is 24. The van der Waals surface area contributed by atoms with Crippen LogP contribution in [0.15, 0.2) is 11.6 Å². The van der Waals surface area contributed by atoms with E-state index in [0.29, 0.717) is 38.5 Å². The standard InChI is InChI=1S/C50H82O24/c1-19(17-66-43-38(61)36(59)34(57)28(15-51)70-43)8-11-50(65)20(2)31-27(74-50)14-49(64)24-7-6-22-12-23(9-10-47(22,4)25(24)13-30(54)48(31,49)5)69-46-42(73-45-39(62)35(58)32(55)21(3)68-45)40(63)41(29(16-52)71-46)72-44-37(60)33(56)26(53)18-67-44/h6,19-21,23-46,51-65H,7-18H2,1-5H3. The van der Waals surface area contributed by atoms with Gasteiger partial charge in [0.1, 0.15) is 85.5 Å². The third-order valence-corrected chi connectivity index (χ3v) is 19.4. The Balaban J connectivity index is 0.870. The van der Waals surface area contributed by atoms with Crippen LogP contribution < -0.4 is 0 Å². The van der Waals surface area contributed by atoms with Crippen LogP contribution in [0.4, 0.5) is 0 Å². The molecule has 0 bridgehead atoms. The molecule has 31 atom stereocenters. The van der Waals surface area contributed by atoms with Gasteiger partial charge in [0.05, 0.1) is 56.4 Å². The zero-order valence-corrected chi connectivity index (χ0v) is 42.5. The zero-order valence-electron chi connectivity index (χ0n) is 42.5. The van der Waals surface area contributed by atoms with Gasteiger partial charge in [-0.05, 0) is 68.6 Å². The highest BCUT2D eigenvalue weighted by Gasteiger charge is 2.76. The molecule has 74 heavy (non-hydrogen) atoms. The van der Waals surface area contributed by atoms with Crippen LogP contribution in [0.1, 0.15) is 86.0 Å². The molecule has 426 valence electrons. The summed E-state index contributed by atoms with van der Waals surface area (Å²) in [5.74, 6) is -3.11. The Morgan fingerprint density at radius 1 is 0.703 bits per heavy atom. The molecular formula is C50H82O24. The minimum absolute atomic E-state index is 0.0644. The van der Waals surface area contributed by atoms with Crippen molar-refractivity contribution in [1.82, 2.24) is 0 Å². The second-order valence-electron chi connectivity index (χ2n) is 23.6. The van der Waals surface area contributed by atoms with E-state index in [1.54, 1.807) is 0 Å². The summed E-state index contributed by atoms with van der Waals surface area (Å²) in [6, 6.07) is 0. The van der Waals surface area contributed by atoms with Gasteiger partial charge in [-0.15, -0.1) is 0 Å². The number of aliphatic hydroxyl groups excluding tert-OH is 13. The predicted molar refractivity (Wildman–Crippen MR) is 247 cm³/mol. The van der Waals surface area contributed by atoms with Gasteiger partial charge in [0.25, 0.3) is 0 Å². The lowest BCUT2D eigenvalue weighted by molar-refractivity contribution is -0.386. The van der Waals surface area contributed by atoms with Gasteiger partial charge in [-0.1, -0.05) is 39.3 Å². The van der Waals surface area contributed by atoms with Crippen LogP contribution in [0.5, 0.6) is 0 Å². The Labute approximate surface area is 429 Å².